The highest BCUT2D eigenvalue weighted by molar-refractivity contribution is 6.03. The maximum absolute atomic E-state index is 12.2. The van der Waals surface area contributed by atoms with Crippen LogP contribution in [-0.2, 0) is 0 Å². The topological polar surface area (TPSA) is 54.9 Å². The number of anilines is 1. The highest BCUT2D eigenvalue weighted by atomic mass is 16.1. The number of aryl methyl sites for hydroxylation is 1. The SMILES string of the molecule is Cc1cccc(NC(=O)c2ccc(C3CC3)nn2)c1C. The van der Waals surface area contributed by atoms with Crippen molar-refractivity contribution in [2.24, 2.45) is 0 Å². The van der Waals surface area contributed by atoms with Crippen LogP contribution in [0.3, 0.4) is 0 Å². The van der Waals surface area contributed by atoms with Crippen molar-refractivity contribution >= 4 is 11.6 Å². The molecular formula is C16H17N3O. The van der Waals surface area contributed by atoms with E-state index in [0.29, 0.717) is 11.6 Å². The van der Waals surface area contributed by atoms with E-state index in [-0.39, 0.29) is 5.91 Å². The quantitative estimate of drug-likeness (QED) is 0.929. The lowest BCUT2D eigenvalue weighted by Crippen LogP contribution is -2.15. The van der Waals surface area contributed by atoms with Gasteiger partial charge in [-0.25, -0.2) is 0 Å². The Balaban J connectivity index is 1.76. The summed E-state index contributed by atoms with van der Waals surface area (Å²) in [4.78, 5) is 12.2. The molecule has 1 N–H and O–H groups in total. The Morgan fingerprint density at radius 3 is 2.60 bits per heavy atom. The number of hydrogen-bond donors (Lipinski definition) is 1. The number of benzene rings is 1. The molecule has 4 nitrogen and oxygen atoms in total. The third-order valence-corrected chi connectivity index (χ3v) is 3.77. The third-order valence-electron chi connectivity index (χ3n) is 3.77. The monoisotopic (exact) mass is 267 g/mol. The van der Waals surface area contributed by atoms with E-state index in [0.717, 1.165) is 22.5 Å². The smallest absolute Gasteiger partial charge is 0.276 e. The fourth-order valence-electron chi connectivity index (χ4n) is 2.13. The van der Waals surface area contributed by atoms with Gasteiger partial charge < -0.3 is 5.32 Å². The normalized spacial score (nSPS) is 14.1. The predicted octanol–water partition coefficient (Wildman–Crippen LogP) is 3.22. The van der Waals surface area contributed by atoms with E-state index in [1.165, 1.54) is 12.8 Å². The maximum atomic E-state index is 12.2. The van der Waals surface area contributed by atoms with E-state index >= 15 is 0 Å². The number of carbonyl (C=O) groups is 1. The molecule has 0 spiro atoms. The van der Waals surface area contributed by atoms with Crippen molar-refractivity contribution in [1.82, 2.24) is 10.2 Å². The van der Waals surface area contributed by atoms with Crippen LogP contribution >= 0.6 is 0 Å². The molecule has 1 aliphatic carbocycles. The molecule has 1 amide bonds. The Morgan fingerprint density at radius 2 is 1.95 bits per heavy atom. The number of carbonyl (C=O) groups excluding carboxylic acids is 1. The molecule has 0 unspecified atom stereocenters. The second kappa shape index (κ2) is 5.04. The molecule has 102 valence electrons. The zero-order valence-corrected chi connectivity index (χ0v) is 11.7. The number of rotatable bonds is 3. The molecule has 1 aromatic carbocycles. The molecule has 0 aliphatic heterocycles. The van der Waals surface area contributed by atoms with Crippen molar-refractivity contribution in [1.29, 1.82) is 0 Å². The van der Waals surface area contributed by atoms with Crippen molar-refractivity contribution in [3.63, 3.8) is 0 Å². The lowest BCUT2D eigenvalue weighted by molar-refractivity contribution is 0.102. The van der Waals surface area contributed by atoms with Crippen molar-refractivity contribution < 1.29 is 4.79 Å². The highest BCUT2D eigenvalue weighted by Gasteiger charge is 2.25. The molecule has 0 radical (unpaired) electrons. The summed E-state index contributed by atoms with van der Waals surface area (Å²) in [5.41, 5.74) is 4.40. The van der Waals surface area contributed by atoms with Crippen LogP contribution in [0, 0.1) is 13.8 Å². The number of nitrogens with one attached hydrogen (secondary N) is 1. The van der Waals surface area contributed by atoms with E-state index in [9.17, 15) is 4.79 Å². The lowest BCUT2D eigenvalue weighted by Gasteiger charge is -2.09. The predicted molar refractivity (Wildman–Crippen MR) is 77.9 cm³/mol. The van der Waals surface area contributed by atoms with Gasteiger partial charge in [-0.3, -0.25) is 4.79 Å². The molecule has 20 heavy (non-hydrogen) atoms. The van der Waals surface area contributed by atoms with Crippen LogP contribution in [0.5, 0.6) is 0 Å². The number of amides is 1. The average Bonchev–Trinajstić information content (AvgIpc) is 3.29. The van der Waals surface area contributed by atoms with Gasteiger partial charge in [-0.05, 0) is 56.0 Å². The Labute approximate surface area is 118 Å². The van der Waals surface area contributed by atoms with E-state index in [1.54, 1.807) is 6.07 Å². The second-order valence-corrected chi connectivity index (χ2v) is 5.32. The number of hydrogen-bond acceptors (Lipinski definition) is 3. The molecule has 4 heteroatoms. The van der Waals surface area contributed by atoms with Gasteiger partial charge in [0.15, 0.2) is 5.69 Å². The van der Waals surface area contributed by atoms with Crippen LogP contribution in [0.15, 0.2) is 30.3 Å². The zero-order valence-electron chi connectivity index (χ0n) is 11.7. The summed E-state index contributed by atoms with van der Waals surface area (Å²) in [5.74, 6) is 0.340. The third kappa shape index (κ3) is 2.54. The Hall–Kier alpha value is -2.23. The first-order valence-corrected chi connectivity index (χ1v) is 6.86. The van der Waals surface area contributed by atoms with Crippen molar-refractivity contribution in [3.05, 3.63) is 52.8 Å². The first-order chi connectivity index (χ1) is 9.65. The van der Waals surface area contributed by atoms with Crippen LogP contribution in [0.1, 0.15) is 46.1 Å². The van der Waals surface area contributed by atoms with Crippen LogP contribution in [-0.4, -0.2) is 16.1 Å². The minimum Gasteiger partial charge on any atom is -0.320 e. The van der Waals surface area contributed by atoms with Gasteiger partial charge in [0.1, 0.15) is 0 Å². The van der Waals surface area contributed by atoms with Gasteiger partial charge in [0.05, 0.1) is 5.69 Å². The summed E-state index contributed by atoms with van der Waals surface area (Å²) in [7, 11) is 0. The largest absolute Gasteiger partial charge is 0.320 e. The summed E-state index contributed by atoms with van der Waals surface area (Å²) >= 11 is 0. The Morgan fingerprint density at radius 1 is 1.15 bits per heavy atom. The lowest BCUT2D eigenvalue weighted by atomic mass is 10.1. The fraction of sp³-hybridized carbons (Fsp3) is 0.312. The average molecular weight is 267 g/mol. The Kier molecular flexibility index (Phi) is 3.22. The van der Waals surface area contributed by atoms with Crippen LogP contribution in [0.25, 0.3) is 0 Å². The van der Waals surface area contributed by atoms with Gasteiger partial charge in [0.2, 0.25) is 0 Å². The first-order valence-electron chi connectivity index (χ1n) is 6.86. The standard InChI is InChI=1S/C16H17N3O/c1-10-4-3-5-13(11(10)2)17-16(20)15-9-8-14(18-19-15)12-6-7-12/h3-5,8-9,12H,6-7H2,1-2H3,(H,17,20). The summed E-state index contributed by atoms with van der Waals surface area (Å²) in [6, 6.07) is 9.51. The molecule has 1 aromatic heterocycles. The van der Waals surface area contributed by atoms with Gasteiger partial charge in [-0.2, -0.15) is 5.10 Å². The Bertz CT molecular complexity index is 645. The van der Waals surface area contributed by atoms with Crippen LogP contribution in [0.2, 0.25) is 0 Å². The number of nitrogens with zero attached hydrogens (tertiary/aromatic N) is 2. The van der Waals surface area contributed by atoms with Gasteiger partial charge in [-0.1, -0.05) is 12.1 Å². The minimum absolute atomic E-state index is 0.214. The molecular weight excluding hydrogens is 250 g/mol. The van der Waals surface area contributed by atoms with E-state index in [4.69, 9.17) is 0 Å². The molecule has 1 aliphatic rings. The maximum Gasteiger partial charge on any atom is 0.276 e. The highest BCUT2D eigenvalue weighted by Crippen LogP contribution is 2.38. The van der Waals surface area contributed by atoms with Gasteiger partial charge >= 0.3 is 0 Å². The summed E-state index contributed by atoms with van der Waals surface area (Å²) in [6.07, 6.45) is 2.37. The first kappa shape index (κ1) is 12.8. The molecule has 1 saturated carbocycles. The van der Waals surface area contributed by atoms with Crippen molar-refractivity contribution in [2.75, 3.05) is 5.32 Å². The van der Waals surface area contributed by atoms with E-state index in [2.05, 4.69) is 15.5 Å². The minimum atomic E-state index is -0.214. The van der Waals surface area contributed by atoms with Crippen LogP contribution < -0.4 is 5.32 Å². The molecule has 3 rings (SSSR count). The van der Waals surface area contributed by atoms with Crippen LogP contribution in [0.4, 0.5) is 5.69 Å². The molecule has 0 saturated heterocycles. The van der Waals surface area contributed by atoms with Crippen molar-refractivity contribution in [2.45, 2.75) is 32.6 Å². The van der Waals surface area contributed by atoms with E-state index < -0.39 is 0 Å². The van der Waals surface area contributed by atoms with E-state index in [1.807, 2.05) is 38.1 Å². The number of aromatic nitrogens is 2. The van der Waals surface area contributed by atoms with Gasteiger partial charge in [0, 0.05) is 11.6 Å². The molecule has 0 atom stereocenters. The second-order valence-electron chi connectivity index (χ2n) is 5.32. The van der Waals surface area contributed by atoms with Gasteiger partial charge in [-0.15, -0.1) is 5.10 Å². The van der Waals surface area contributed by atoms with Crippen molar-refractivity contribution in [3.8, 4) is 0 Å². The fourth-order valence-corrected chi connectivity index (χ4v) is 2.13. The molecule has 1 heterocycles. The van der Waals surface area contributed by atoms with Gasteiger partial charge in [0.25, 0.3) is 5.91 Å². The summed E-state index contributed by atoms with van der Waals surface area (Å²) in [6.45, 7) is 4.02. The molecule has 2 aromatic rings. The zero-order chi connectivity index (χ0) is 14.1. The summed E-state index contributed by atoms with van der Waals surface area (Å²) < 4.78 is 0. The molecule has 1 fully saturated rings. The molecule has 0 bridgehead atoms. The summed E-state index contributed by atoms with van der Waals surface area (Å²) in [5, 5.41) is 11.0.